The van der Waals surface area contributed by atoms with Crippen molar-refractivity contribution in [2.45, 2.75) is 51.1 Å². The first-order chi connectivity index (χ1) is 13.6. The minimum Gasteiger partial charge on any atom is -0.385 e. The SMILES string of the molecule is CCn1nccc1C(=O)N1CCC(CCOC)(NC(=O)C2CCOCC2)CC1. The molecule has 0 aromatic carbocycles. The van der Waals surface area contributed by atoms with E-state index in [1.165, 1.54) is 0 Å². The fourth-order valence-corrected chi connectivity index (χ4v) is 4.12. The molecule has 0 aliphatic carbocycles. The van der Waals surface area contributed by atoms with E-state index in [0.29, 0.717) is 45.1 Å². The average molecular weight is 393 g/mol. The third-order valence-corrected chi connectivity index (χ3v) is 6.01. The van der Waals surface area contributed by atoms with Crippen LogP contribution in [0.3, 0.4) is 0 Å². The van der Waals surface area contributed by atoms with Crippen LogP contribution in [-0.4, -0.2) is 72.1 Å². The molecule has 0 radical (unpaired) electrons. The fraction of sp³-hybridized carbons (Fsp3) is 0.750. The number of ether oxygens (including phenoxy) is 2. The molecule has 3 rings (SSSR count). The van der Waals surface area contributed by atoms with Gasteiger partial charge in [-0.1, -0.05) is 0 Å². The Bertz CT molecular complexity index is 661. The Morgan fingerprint density at radius 3 is 2.68 bits per heavy atom. The number of hydrogen-bond acceptors (Lipinski definition) is 5. The third-order valence-electron chi connectivity index (χ3n) is 6.01. The second kappa shape index (κ2) is 9.52. The zero-order valence-electron chi connectivity index (χ0n) is 17.0. The summed E-state index contributed by atoms with van der Waals surface area (Å²) in [5, 5.41) is 7.52. The summed E-state index contributed by atoms with van der Waals surface area (Å²) in [6.07, 6.45) is 5.44. The topological polar surface area (TPSA) is 85.7 Å². The number of carbonyl (C=O) groups excluding carboxylic acids is 2. The summed E-state index contributed by atoms with van der Waals surface area (Å²) >= 11 is 0. The van der Waals surface area contributed by atoms with Gasteiger partial charge in [-0.2, -0.15) is 5.10 Å². The van der Waals surface area contributed by atoms with E-state index in [1.54, 1.807) is 24.1 Å². The normalized spacial score (nSPS) is 20.1. The molecule has 0 spiro atoms. The van der Waals surface area contributed by atoms with Crippen LogP contribution in [0, 0.1) is 5.92 Å². The highest BCUT2D eigenvalue weighted by Gasteiger charge is 2.39. The zero-order chi connectivity index (χ0) is 20.0. The van der Waals surface area contributed by atoms with Crippen molar-refractivity contribution in [2.24, 2.45) is 5.92 Å². The van der Waals surface area contributed by atoms with Crippen molar-refractivity contribution < 1.29 is 19.1 Å². The molecule has 2 fully saturated rings. The summed E-state index contributed by atoms with van der Waals surface area (Å²) in [5.41, 5.74) is 0.311. The molecule has 0 saturated carbocycles. The van der Waals surface area contributed by atoms with Crippen LogP contribution in [0.25, 0.3) is 0 Å². The van der Waals surface area contributed by atoms with Crippen LogP contribution >= 0.6 is 0 Å². The number of piperidine rings is 1. The number of methoxy groups -OCH3 is 1. The van der Waals surface area contributed by atoms with Crippen molar-refractivity contribution in [3.63, 3.8) is 0 Å². The second-order valence-electron chi connectivity index (χ2n) is 7.72. The van der Waals surface area contributed by atoms with Gasteiger partial charge in [0.1, 0.15) is 5.69 Å². The molecule has 1 N–H and O–H groups in total. The molecule has 2 aliphatic rings. The summed E-state index contributed by atoms with van der Waals surface area (Å²) in [5.74, 6) is 0.144. The van der Waals surface area contributed by atoms with Crippen LogP contribution in [0.5, 0.6) is 0 Å². The van der Waals surface area contributed by atoms with E-state index in [2.05, 4.69) is 10.4 Å². The van der Waals surface area contributed by atoms with Crippen molar-refractivity contribution in [2.75, 3.05) is 40.0 Å². The van der Waals surface area contributed by atoms with Crippen molar-refractivity contribution in [1.82, 2.24) is 20.0 Å². The van der Waals surface area contributed by atoms with Gasteiger partial charge in [-0.25, -0.2) is 0 Å². The molecule has 0 bridgehead atoms. The van der Waals surface area contributed by atoms with Gasteiger partial charge in [-0.3, -0.25) is 14.3 Å². The molecule has 28 heavy (non-hydrogen) atoms. The van der Waals surface area contributed by atoms with Gasteiger partial charge in [0.25, 0.3) is 5.91 Å². The number of carbonyl (C=O) groups is 2. The predicted octanol–water partition coefficient (Wildman–Crippen LogP) is 1.46. The van der Waals surface area contributed by atoms with Crippen LogP contribution in [0.15, 0.2) is 12.3 Å². The number of hydrogen-bond donors (Lipinski definition) is 1. The maximum atomic E-state index is 12.9. The van der Waals surface area contributed by atoms with Crippen LogP contribution < -0.4 is 5.32 Å². The van der Waals surface area contributed by atoms with Crippen molar-refractivity contribution >= 4 is 11.8 Å². The summed E-state index contributed by atoms with van der Waals surface area (Å²) in [7, 11) is 1.68. The molecule has 0 unspecified atom stereocenters. The number of aromatic nitrogens is 2. The lowest BCUT2D eigenvalue weighted by molar-refractivity contribution is -0.130. The minimum absolute atomic E-state index is 0.00967. The Hall–Kier alpha value is -1.93. The Balaban J connectivity index is 1.63. The first-order valence-corrected chi connectivity index (χ1v) is 10.3. The quantitative estimate of drug-likeness (QED) is 0.759. The van der Waals surface area contributed by atoms with E-state index in [0.717, 1.165) is 32.1 Å². The van der Waals surface area contributed by atoms with E-state index in [4.69, 9.17) is 9.47 Å². The maximum Gasteiger partial charge on any atom is 0.272 e. The summed E-state index contributed by atoms with van der Waals surface area (Å²) in [4.78, 5) is 27.6. The highest BCUT2D eigenvalue weighted by Crippen LogP contribution is 2.28. The number of likely N-dealkylation sites (tertiary alicyclic amines) is 1. The van der Waals surface area contributed by atoms with Crippen LogP contribution in [0.1, 0.15) is 49.5 Å². The Kier molecular flexibility index (Phi) is 7.07. The van der Waals surface area contributed by atoms with E-state index >= 15 is 0 Å². The van der Waals surface area contributed by atoms with E-state index < -0.39 is 0 Å². The van der Waals surface area contributed by atoms with Gasteiger partial charge in [0.05, 0.1) is 0 Å². The number of rotatable bonds is 7. The van der Waals surface area contributed by atoms with Gasteiger partial charge in [0.2, 0.25) is 5.91 Å². The maximum absolute atomic E-state index is 12.9. The minimum atomic E-state index is -0.312. The molecule has 8 nitrogen and oxygen atoms in total. The third kappa shape index (κ3) is 4.72. The summed E-state index contributed by atoms with van der Waals surface area (Å²) in [6, 6.07) is 1.77. The standard InChI is InChI=1S/C20H32N4O4/c1-3-24-17(4-10-21-24)19(26)23-11-7-20(8-12-23,9-15-27-2)22-18(25)16-5-13-28-14-6-16/h4,10,16H,3,5-9,11-15H2,1-2H3,(H,22,25). The largest absolute Gasteiger partial charge is 0.385 e. The summed E-state index contributed by atoms with van der Waals surface area (Å²) < 4.78 is 12.4. The molecular weight excluding hydrogens is 360 g/mol. The van der Waals surface area contributed by atoms with Crippen LogP contribution in [0.4, 0.5) is 0 Å². The zero-order valence-corrected chi connectivity index (χ0v) is 17.0. The van der Waals surface area contributed by atoms with Crippen molar-refractivity contribution in [3.05, 3.63) is 18.0 Å². The van der Waals surface area contributed by atoms with Crippen molar-refractivity contribution in [3.8, 4) is 0 Å². The lowest BCUT2D eigenvalue weighted by Gasteiger charge is -2.43. The lowest BCUT2D eigenvalue weighted by atomic mass is 9.83. The average Bonchev–Trinajstić information content (AvgIpc) is 3.22. The van der Waals surface area contributed by atoms with Gasteiger partial charge in [0.15, 0.2) is 0 Å². The van der Waals surface area contributed by atoms with Gasteiger partial charge in [-0.05, 0) is 45.1 Å². The van der Waals surface area contributed by atoms with Gasteiger partial charge < -0.3 is 19.7 Å². The molecule has 8 heteroatoms. The van der Waals surface area contributed by atoms with Gasteiger partial charge in [0, 0.05) is 64.2 Å². The highest BCUT2D eigenvalue weighted by atomic mass is 16.5. The van der Waals surface area contributed by atoms with Gasteiger partial charge >= 0.3 is 0 Å². The van der Waals surface area contributed by atoms with E-state index in [1.807, 2.05) is 11.8 Å². The highest BCUT2D eigenvalue weighted by molar-refractivity contribution is 5.92. The molecule has 156 valence electrons. The number of amides is 2. The Labute approximate surface area is 166 Å². The molecule has 2 saturated heterocycles. The first kappa shape index (κ1) is 20.8. The van der Waals surface area contributed by atoms with Crippen LogP contribution in [0.2, 0.25) is 0 Å². The molecule has 3 heterocycles. The smallest absolute Gasteiger partial charge is 0.272 e. The van der Waals surface area contributed by atoms with Crippen LogP contribution in [-0.2, 0) is 20.8 Å². The predicted molar refractivity (Wildman–Crippen MR) is 104 cm³/mol. The fourth-order valence-electron chi connectivity index (χ4n) is 4.12. The number of aryl methyl sites for hydroxylation is 1. The Morgan fingerprint density at radius 1 is 1.32 bits per heavy atom. The number of nitrogens with zero attached hydrogens (tertiary/aromatic N) is 3. The van der Waals surface area contributed by atoms with Gasteiger partial charge in [-0.15, -0.1) is 0 Å². The monoisotopic (exact) mass is 392 g/mol. The van der Waals surface area contributed by atoms with Crippen molar-refractivity contribution in [1.29, 1.82) is 0 Å². The first-order valence-electron chi connectivity index (χ1n) is 10.3. The molecule has 2 aliphatic heterocycles. The molecule has 1 aromatic heterocycles. The van der Waals surface area contributed by atoms with E-state index in [-0.39, 0.29) is 23.3 Å². The molecular formula is C20H32N4O4. The number of nitrogens with one attached hydrogen (secondary N) is 1. The molecule has 0 atom stereocenters. The molecule has 1 aromatic rings. The molecule has 2 amide bonds. The second-order valence-corrected chi connectivity index (χ2v) is 7.72. The lowest BCUT2D eigenvalue weighted by Crippen LogP contribution is -2.58. The van der Waals surface area contributed by atoms with E-state index in [9.17, 15) is 9.59 Å². The Morgan fingerprint density at radius 2 is 2.04 bits per heavy atom. The summed E-state index contributed by atoms with van der Waals surface area (Å²) in [6.45, 7) is 5.76.